The lowest BCUT2D eigenvalue weighted by atomic mass is 9.93. The fourth-order valence-electron chi connectivity index (χ4n) is 4.43. The van der Waals surface area contributed by atoms with Crippen molar-refractivity contribution in [3.63, 3.8) is 0 Å². The highest BCUT2D eigenvalue weighted by Gasteiger charge is 2.28. The first kappa shape index (κ1) is 20.9. The molecule has 2 heterocycles. The second-order valence-corrected chi connectivity index (χ2v) is 8.45. The minimum absolute atomic E-state index is 0.172. The average molecular weight is 440 g/mol. The van der Waals surface area contributed by atoms with Crippen molar-refractivity contribution in [3.05, 3.63) is 101 Å². The summed E-state index contributed by atoms with van der Waals surface area (Å²) in [7, 11) is 0. The van der Waals surface area contributed by atoms with E-state index in [-0.39, 0.29) is 23.9 Å². The highest BCUT2D eigenvalue weighted by atomic mass is 16.5. The number of carbonyl (C=O) groups is 3. The molecular formula is C27H24N2O4. The van der Waals surface area contributed by atoms with Gasteiger partial charge in [0, 0.05) is 37.2 Å². The zero-order valence-electron chi connectivity index (χ0n) is 18.1. The van der Waals surface area contributed by atoms with Crippen molar-refractivity contribution < 1.29 is 19.1 Å². The maximum absolute atomic E-state index is 12.9. The van der Waals surface area contributed by atoms with Crippen molar-refractivity contribution in [1.82, 2.24) is 4.90 Å². The van der Waals surface area contributed by atoms with E-state index in [1.165, 1.54) is 0 Å². The predicted molar refractivity (Wildman–Crippen MR) is 124 cm³/mol. The molecule has 0 aliphatic carbocycles. The first-order valence-electron chi connectivity index (χ1n) is 11.1. The number of ether oxygens (including phenoxy) is 1. The molecule has 0 radical (unpaired) electrons. The van der Waals surface area contributed by atoms with E-state index in [9.17, 15) is 14.4 Å². The van der Waals surface area contributed by atoms with Gasteiger partial charge in [0.25, 0.3) is 5.91 Å². The van der Waals surface area contributed by atoms with Crippen LogP contribution in [0.3, 0.4) is 0 Å². The lowest BCUT2D eigenvalue weighted by Crippen LogP contribution is -2.24. The molecule has 6 heteroatoms. The van der Waals surface area contributed by atoms with Gasteiger partial charge in [0.1, 0.15) is 6.10 Å². The lowest BCUT2D eigenvalue weighted by Gasteiger charge is -2.25. The van der Waals surface area contributed by atoms with Gasteiger partial charge in [-0.1, -0.05) is 42.5 Å². The molecule has 0 bridgehead atoms. The minimum Gasteiger partial charge on any atom is -0.454 e. The van der Waals surface area contributed by atoms with Crippen LogP contribution in [-0.4, -0.2) is 29.2 Å². The van der Waals surface area contributed by atoms with E-state index in [0.29, 0.717) is 36.2 Å². The Morgan fingerprint density at radius 3 is 2.64 bits per heavy atom. The fourth-order valence-corrected chi connectivity index (χ4v) is 4.43. The highest BCUT2D eigenvalue weighted by molar-refractivity contribution is 6.05. The summed E-state index contributed by atoms with van der Waals surface area (Å²) in [5, 5.41) is 2.94. The van der Waals surface area contributed by atoms with Crippen LogP contribution in [0.4, 0.5) is 5.69 Å². The summed E-state index contributed by atoms with van der Waals surface area (Å²) >= 11 is 0. The largest absolute Gasteiger partial charge is 0.454 e. The van der Waals surface area contributed by atoms with Gasteiger partial charge in [-0.2, -0.15) is 0 Å². The van der Waals surface area contributed by atoms with Gasteiger partial charge in [-0.05, 0) is 53.4 Å². The number of likely N-dealkylation sites (tertiary alicyclic amines) is 1. The molecule has 1 unspecified atom stereocenters. The Bertz CT molecular complexity index is 1220. The van der Waals surface area contributed by atoms with E-state index in [1.807, 2.05) is 59.5 Å². The molecule has 0 saturated carbocycles. The number of esters is 1. The number of benzene rings is 3. The van der Waals surface area contributed by atoms with E-state index >= 15 is 0 Å². The van der Waals surface area contributed by atoms with Crippen LogP contribution in [-0.2, 0) is 22.5 Å². The second-order valence-electron chi connectivity index (χ2n) is 8.45. The third-order valence-electron chi connectivity index (χ3n) is 6.14. The summed E-state index contributed by atoms with van der Waals surface area (Å²) in [6.45, 7) is 1.32. The van der Waals surface area contributed by atoms with Crippen LogP contribution >= 0.6 is 0 Å². The van der Waals surface area contributed by atoms with Gasteiger partial charge in [0.15, 0.2) is 0 Å². The van der Waals surface area contributed by atoms with Crippen LogP contribution in [0, 0.1) is 0 Å². The van der Waals surface area contributed by atoms with Gasteiger partial charge in [-0.25, -0.2) is 4.79 Å². The molecule has 166 valence electrons. The maximum Gasteiger partial charge on any atom is 0.339 e. The number of amides is 2. The molecule has 3 aromatic rings. The van der Waals surface area contributed by atoms with E-state index in [2.05, 4.69) is 5.32 Å². The molecule has 2 aliphatic heterocycles. The molecule has 33 heavy (non-hydrogen) atoms. The molecule has 0 aromatic heterocycles. The third-order valence-corrected chi connectivity index (χ3v) is 6.14. The Labute approximate surface area is 192 Å². The first-order chi connectivity index (χ1) is 16.1. The fraction of sp³-hybridized carbons (Fsp3) is 0.222. The summed E-state index contributed by atoms with van der Waals surface area (Å²) < 4.78 is 5.60. The van der Waals surface area contributed by atoms with Gasteiger partial charge >= 0.3 is 5.97 Å². The number of hydrogen-bond acceptors (Lipinski definition) is 4. The summed E-state index contributed by atoms with van der Waals surface area (Å²) in [4.78, 5) is 39.2. The zero-order valence-corrected chi connectivity index (χ0v) is 18.1. The Hall–Kier alpha value is -3.93. The topological polar surface area (TPSA) is 75.7 Å². The number of nitrogens with zero attached hydrogens (tertiary/aromatic N) is 1. The number of fused-ring (bicyclic) bond motifs is 1. The molecule has 6 nitrogen and oxygen atoms in total. The lowest BCUT2D eigenvalue weighted by molar-refractivity contribution is -0.128. The summed E-state index contributed by atoms with van der Waals surface area (Å²) in [6, 6.07) is 22.2. The molecular weight excluding hydrogens is 416 g/mol. The van der Waals surface area contributed by atoms with Gasteiger partial charge < -0.3 is 15.0 Å². The molecule has 0 spiro atoms. The number of rotatable bonds is 5. The number of anilines is 1. The summed E-state index contributed by atoms with van der Waals surface area (Å²) in [5.74, 6) is -0.450. The molecule has 2 aliphatic rings. The number of cyclic esters (lactones) is 1. The predicted octanol–water partition coefficient (Wildman–Crippen LogP) is 4.52. The van der Waals surface area contributed by atoms with Crippen LogP contribution in [0.2, 0.25) is 0 Å². The van der Waals surface area contributed by atoms with Crippen molar-refractivity contribution in [3.8, 4) is 0 Å². The standard InChI is InChI=1S/C27H24N2O4/c30-25-10-5-13-29(25)17-18-6-4-9-22(14-18)28-26(31)20-11-12-23-21(15-20)16-24(33-27(23)32)19-7-2-1-3-8-19/h1-4,6-9,11-12,14-15,24H,5,10,13,16-17H2,(H,28,31). The number of hydrogen-bond donors (Lipinski definition) is 1. The van der Waals surface area contributed by atoms with E-state index < -0.39 is 0 Å². The van der Waals surface area contributed by atoms with Crippen LogP contribution < -0.4 is 5.32 Å². The number of nitrogens with one attached hydrogen (secondary N) is 1. The summed E-state index contributed by atoms with van der Waals surface area (Å²) in [5.41, 5.74) is 4.35. The monoisotopic (exact) mass is 440 g/mol. The molecule has 1 N–H and O–H groups in total. The van der Waals surface area contributed by atoms with Gasteiger partial charge in [-0.15, -0.1) is 0 Å². The maximum atomic E-state index is 12.9. The van der Waals surface area contributed by atoms with Crippen LogP contribution in [0.5, 0.6) is 0 Å². The van der Waals surface area contributed by atoms with E-state index in [4.69, 9.17) is 4.74 Å². The van der Waals surface area contributed by atoms with Crippen molar-refractivity contribution >= 4 is 23.5 Å². The molecule has 2 amide bonds. The van der Waals surface area contributed by atoms with Crippen molar-refractivity contribution in [1.29, 1.82) is 0 Å². The van der Waals surface area contributed by atoms with Gasteiger partial charge in [-0.3, -0.25) is 9.59 Å². The second kappa shape index (κ2) is 8.90. The minimum atomic E-state index is -0.374. The molecule has 3 aromatic carbocycles. The Morgan fingerprint density at radius 1 is 1.00 bits per heavy atom. The number of carbonyl (C=O) groups excluding carboxylic acids is 3. The quantitative estimate of drug-likeness (QED) is 0.592. The Kier molecular flexibility index (Phi) is 5.65. The molecule has 1 saturated heterocycles. The Balaban J connectivity index is 1.31. The van der Waals surface area contributed by atoms with Crippen molar-refractivity contribution in [2.75, 3.05) is 11.9 Å². The molecule has 5 rings (SSSR count). The normalized spacial score (nSPS) is 17.5. The SMILES string of the molecule is O=C(Nc1cccc(CN2CCCC2=O)c1)c1ccc2c(c1)CC(c1ccccc1)OC2=O. The smallest absolute Gasteiger partial charge is 0.339 e. The van der Waals surface area contributed by atoms with Crippen molar-refractivity contribution in [2.45, 2.75) is 31.9 Å². The van der Waals surface area contributed by atoms with Crippen LogP contribution in [0.25, 0.3) is 0 Å². The van der Waals surface area contributed by atoms with E-state index in [0.717, 1.165) is 29.7 Å². The van der Waals surface area contributed by atoms with E-state index in [1.54, 1.807) is 18.2 Å². The molecule has 1 atom stereocenters. The average Bonchev–Trinajstić information content (AvgIpc) is 3.23. The van der Waals surface area contributed by atoms with Crippen LogP contribution in [0.1, 0.15) is 56.4 Å². The van der Waals surface area contributed by atoms with Gasteiger partial charge in [0.2, 0.25) is 5.91 Å². The molecule has 1 fully saturated rings. The zero-order chi connectivity index (χ0) is 22.8. The van der Waals surface area contributed by atoms with Gasteiger partial charge in [0.05, 0.1) is 5.56 Å². The third kappa shape index (κ3) is 4.51. The van der Waals surface area contributed by atoms with Crippen LogP contribution in [0.15, 0.2) is 72.8 Å². The van der Waals surface area contributed by atoms with Crippen molar-refractivity contribution in [2.24, 2.45) is 0 Å². The first-order valence-corrected chi connectivity index (χ1v) is 11.1. The highest BCUT2D eigenvalue weighted by Crippen LogP contribution is 2.31. The Morgan fingerprint density at radius 2 is 1.85 bits per heavy atom. The summed E-state index contributed by atoms with van der Waals surface area (Å²) in [6.07, 6.45) is 1.65.